The summed E-state index contributed by atoms with van der Waals surface area (Å²) in [5.41, 5.74) is 2.25. The Bertz CT molecular complexity index is 991. The zero-order chi connectivity index (χ0) is 18.1. The molecule has 0 spiro atoms. The number of nitrogens with one attached hydrogen (secondary N) is 1. The molecule has 0 aromatic carbocycles. The highest BCUT2D eigenvalue weighted by Crippen LogP contribution is 2.34. The Kier molecular flexibility index (Phi) is 5.15. The normalized spacial score (nSPS) is 13.7. The number of aromatic amines is 1. The van der Waals surface area contributed by atoms with Gasteiger partial charge in [-0.05, 0) is 53.6 Å². The zero-order valence-corrected chi connectivity index (χ0v) is 16.9. The van der Waals surface area contributed by atoms with Crippen molar-refractivity contribution in [3.8, 4) is 0 Å². The van der Waals surface area contributed by atoms with Gasteiger partial charge in [-0.15, -0.1) is 11.3 Å². The lowest BCUT2D eigenvalue weighted by atomic mass is 9.97. The van der Waals surface area contributed by atoms with E-state index >= 15 is 0 Å². The predicted octanol–water partition coefficient (Wildman–Crippen LogP) is 3.68. The number of hydrogen-bond acceptors (Lipinski definition) is 6. The van der Waals surface area contributed by atoms with E-state index in [1.807, 2.05) is 16.8 Å². The quantitative estimate of drug-likeness (QED) is 0.519. The van der Waals surface area contributed by atoms with Crippen molar-refractivity contribution in [1.82, 2.24) is 14.9 Å². The van der Waals surface area contributed by atoms with Crippen LogP contribution in [0.5, 0.6) is 0 Å². The maximum atomic E-state index is 12.5. The average Bonchev–Trinajstić information content (AvgIpc) is 3.26. The Morgan fingerprint density at radius 1 is 1.38 bits per heavy atom. The van der Waals surface area contributed by atoms with Gasteiger partial charge < -0.3 is 9.88 Å². The van der Waals surface area contributed by atoms with Crippen LogP contribution in [0.3, 0.4) is 0 Å². The Morgan fingerprint density at radius 3 is 3.04 bits per heavy atom. The number of thiophene rings is 2. The van der Waals surface area contributed by atoms with Crippen LogP contribution in [-0.4, -0.2) is 33.6 Å². The first kappa shape index (κ1) is 17.8. The summed E-state index contributed by atoms with van der Waals surface area (Å²) >= 11 is 4.55. The fourth-order valence-corrected chi connectivity index (χ4v) is 5.98. The van der Waals surface area contributed by atoms with Gasteiger partial charge in [0.15, 0.2) is 5.16 Å². The molecule has 1 aliphatic carbocycles. The summed E-state index contributed by atoms with van der Waals surface area (Å²) in [4.78, 5) is 36.1. The molecular weight excluding hydrogens is 386 g/mol. The molecular formula is C18H19N3O2S3. The third kappa shape index (κ3) is 3.58. The van der Waals surface area contributed by atoms with E-state index in [4.69, 9.17) is 0 Å². The van der Waals surface area contributed by atoms with Gasteiger partial charge in [0.05, 0.1) is 11.1 Å². The number of carbonyl (C=O) groups is 1. The molecule has 136 valence electrons. The maximum absolute atomic E-state index is 12.5. The molecule has 0 saturated carbocycles. The molecule has 3 heterocycles. The molecule has 8 heteroatoms. The SMILES string of the molecule is CN(Cc1ccsc1)C(=O)CSc1nc2sc3c(c2c(=O)[nH]1)CCCC3. The number of thioether (sulfide) groups is 1. The van der Waals surface area contributed by atoms with Crippen molar-refractivity contribution in [2.45, 2.75) is 37.4 Å². The van der Waals surface area contributed by atoms with Crippen molar-refractivity contribution in [3.63, 3.8) is 0 Å². The van der Waals surface area contributed by atoms with Gasteiger partial charge in [0, 0.05) is 18.5 Å². The van der Waals surface area contributed by atoms with Crippen LogP contribution < -0.4 is 5.56 Å². The fraction of sp³-hybridized carbons (Fsp3) is 0.389. The molecule has 0 saturated heterocycles. The third-order valence-corrected chi connectivity index (χ3v) is 7.34. The van der Waals surface area contributed by atoms with Gasteiger partial charge in [-0.25, -0.2) is 4.98 Å². The lowest BCUT2D eigenvalue weighted by Crippen LogP contribution is -2.27. The second-order valence-electron chi connectivity index (χ2n) is 6.43. The van der Waals surface area contributed by atoms with Crippen molar-refractivity contribution in [3.05, 3.63) is 43.2 Å². The highest BCUT2D eigenvalue weighted by atomic mass is 32.2. The van der Waals surface area contributed by atoms with Crippen LogP contribution >= 0.6 is 34.4 Å². The van der Waals surface area contributed by atoms with Crippen LogP contribution in [0.25, 0.3) is 10.2 Å². The number of amides is 1. The van der Waals surface area contributed by atoms with E-state index in [1.54, 1.807) is 34.6 Å². The minimum Gasteiger partial charge on any atom is -0.341 e. The molecule has 5 nitrogen and oxygen atoms in total. The summed E-state index contributed by atoms with van der Waals surface area (Å²) in [6, 6.07) is 2.02. The van der Waals surface area contributed by atoms with Crippen LogP contribution in [0.2, 0.25) is 0 Å². The van der Waals surface area contributed by atoms with E-state index in [1.165, 1.54) is 28.6 Å². The lowest BCUT2D eigenvalue weighted by molar-refractivity contribution is -0.127. The lowest BCUT2D eigenvalue weighted by Gasteiger charge is -2.15. The summed E-state index contributed by atoms with van der Waals surface area (Å²) in [7, 11) is 1.80. The fourth-order valence-electron chi connectivity index (χ4n) is 3.20. The third-order valence-electron chi connectivity index (χ3n) is 4.56. The molecule has 1 aliphatic rings. The van der Waals surface area contributed by atoms with Gasteiger partial charge in [-0.1, -0.05) is 11.8 Å². The number of carbonyl (C=O) groups excluding carboxylic acids is 1. The number of nitrogens with zero attached hydrogens (tertiary/aromatic N) is 2. The molecule has 0 atom stereocenters. The van der Waals surface area contributed by atoms with E-state index in [0.717, 1.165) is 35.0 Å². The van der Waals surface area contributed by atoms with Gasteiger partial charge in [0.25, 0.3) is 5.56 Å². The molecule has 4 rings (SSSR count). The Hall–Kier alpha value is -1.64. The number of rotatable bonds is 5. The topological polar surface area (TPSA) is 66.1 Å². The Balaban J connectivity index is 1.47. The van der Waals surface area contributed by atoms with Gasteiger partial charge in [0.2, 0.25) is 5.91 Å². The summed E-state index contributed by atoms with van der Waals surface area (Å²) in [5.74, 6) is 0.287. The van der Waals surface area contributed by atoms with Crippen molar-refractivity contribution in [2.24, 2.45) is 0 Å². The minimum absolute atomic E-state index is 0.0226. The van der Waals surface area contributed by atoms with Gasteiger partial charge in [-0.3, -0.25) is 9.59 Å². The number of H-pyrrole nitrogens is 1. The van der Waals surface area contributed by atoms with Crippen LogP contribution in [0.1, 0.15) is 28.8 Å². The molecule has 26 heavy (non-hydrogen) atoms. The second kappa shape index (κ2) is 7.54. The zero-order valence-electron chi connectivity index (χ0n) is 14.4. The number of aryl methyl sites for hydroxylation is 2. The number of hydrogen-bond donors (Lipinski definition) is 1. The first-order valence-corrected chi connectivity index (χ1v) is 11.3. The average molecular weight is 406 g/mol. The maximum Gasteiger partial charge on any atom is 0.260 e. The summed E-state index contributed by atoms with van der Waals surface area (Å²) in [6.07, 6.45) is 4.34. The van der Waals surface area contributed by atoms with Gasteiger partial charge >= 0.3 is 0 Å². The van der Waals surface area contributed by atoms with Gasteiger partial charge in [0.1, 0.15) is 4.83 Å². The van der Waals surface area contributed by atoms with Crippen LogP contribution in [-0.2, 0) is 24.2 Å². The van der Waals surface area contributed by atoms with Gasteiger partial charge in [-0.2, -0.15) is 11.3 Å². The first-order chi connectivity index (χ1) is 12.6. The van der Waals surface area contributed by atoms with Crippen molar-refractivity contribution >= 4 is 50.6 Å². The molecule has 3 aromatic heterocycles. The largest absolute Gasteiger partial charge is 0.341 e. The Labute approximate surface area is 163 Å². The molecule has 0 radical (unpaired) electrons. The summed E-state index contributed by atoms with van der Waals surface area (Å²) < 4.78 is 0. The predicted molar refractivity (Wildman–Crippen MR) is 108 cm³/mol. The summed E-state index contributed by atoms with van der Waals surface area (Å²) in [5, 5.41) is 5.34. The minimum atomic E-state index is -0.0732. The standard InChI is InChI=1S/C18H19N3O2S3/c1-21(8-11-6-7-24-9-11)14(22)10-25-18-19-16(23)15-12-4-2-3-5-13(12)26-17(15)20-18/h6-7,9H,2-5,8,10H2,1H3,(H,19,20,23). The highest BCUT2D eigenvalue weighted by molar-refractivity contribution is 7.99. The van der Waals surface area contributed by atoms with Crippen molar-refractivity contribution < 1.29 is 4.79 Å². The van der Waals surface area contributed by atoms with E-state index in [2.05, 4.69) is 9.97 Å². The van der Waals surface area contributed by atoms with Crippen molar-refractivity contribution in [1.29, 1.82) is 0 Å². The first-order valence-electron chi connectivity index (χ1n) is 8.54. The van der Waals surface area contributed by atoms with E-state index < -0.39 is 0 Å². The van der Waals surface area contributed by atoms with E-state index in [0.29, 0.717) is 11.7 Å². The second-order valence-corrected chi connectivity index (χ2v) is 9.26. The van der Waals surface area contributed by atoms with Crippen LogP contribution in [0.4, 0.5) is 0 Å². The molecule has 0 aliphatic heterocycles. The van der Waals surface area contributed by atoms with Crippen LogP contribution in [0.15, 0.2) is 26.8 Å². The highest BCUT2D eigenvalue weighted by Gasteiger charge is 2.20. The summed E-state index contributed by atoms with van der Waals surface area (Å²) in [6.45, 7) is 0.601. The molecule has 3 aromatic rings. The van der Waals surface area contributed by atoms with Crippen molar-refractivity contribution in [2.75, 3.05) is 12.8 Å². The molecule has 0 unspecified atom stereocenters. The van der Waals surface area contributed by atoms with E-state index in [-0.39, 0.29) is 17.2 Å². The van der Waals surface area contributed by atoms with E-state index in [9.17, 15) is 9.59 Å². The van der Waals surface area contributed by atoms with Crippen LogP contribution in [0, 0.1) is 0 Å². The molecule has 1 N–H and O–H groups in total. The monoisotopic (exact) mass is 405 g/mol. The molecule has 1 amide bonds. The number of aromatic nitrogens is 2. The molecule has 0 fully saturated rings. The smallest absolute Gasteiger partial charge is 0.260 e. The Morgan fingerprint density at radius 2 is 2.23 bits per heavy atom. The molecule has 0 bridgehead atoms. The number of fused-ring (bicyclic) bond motifs is 3.